The molecule has 2 fully saturated rings. The topological polar surface area (TPSA) is 89.8 Å². The Morgan fingerprint density at radius 3 is 2.69 bits per heavy atom. The molecule has 2 aliphatic heterocycles. The van der Waals surface area contributed by atoms with Crippen LogP contribution < -0.4 is 4.74 Å². The minimum atomic E-state index is -0.494. The number of carbonyl (C=O) groups is 2. The average Bonchev–Trinajstić information content (AvgIpc) is 3.36. The number of aromatic nitrogens is 3. The molecule has 3 heterocycles. The van der Waals surface area contributed by atoms with Crippen molar-refractivity contribution in [2.45, 2.75) is 31.4 Å². The standard InChI is InChI=1S/C20H25N5O4/c26-18(6-9-25-16-21-15-22-25)23-10-7-20(8-11-23)14-24(19(27)29-20)12-13-28-17-4-2-1-3-5-17/h1-5,15-16H,6-14H2. The third kappa shape index (κ3) is 4.67. The summed E-state index contributed by atoms with van der Waals surface area (Å²) >= 11 is 0. The molecule has 1 aromatic carbocycles. The number of nitrogens with zero attached hydrogens (tertiary/aromatic N) is 5. The molecule has 2 saturated heterocycles. The van der Waals surface area contributed by atoms with E-state index in [4.69, 9.17) is 9.47 Å². The lowest BCUT2D eigenvalue weighted by Gasteiger charge is -2.37. The summed E-state index contributed by atoms with van der Waals surface area (Å²) in [5.41, 5.74) is -0.494. The lowest BCUT2D eigenvalue weighted by Crippen LogP contribution is -2.49. The van der Waals surface area contributed by atoms with E-state index in [0.29, 0.717) is 58.6 Å². The van der Waals surface area contributed by atoms with Gasteiger partial charge in [-0.1, -0.05) is 18.2 Å². The number of aryl methyl sites for hydroxylation is 1. The van der Waals surface area contributed by atoms with Crippen molar-refractivity contribution in [2.24, 2.45) is 0 Å². The van der Waals surface area contributed by atoms with Gasteiger partial charge in [0.2, 0.25) is 5.91 Å². The van der Waals surface area contributed by atoms with Crippen LogP contribution in [-0.4, -0.2) is 75.0 Å². The first-order valence-corrected chi connectivity index (χ1v) is 9.90. The quantitative estimate of drug-likeness (QED) is 0.702. The Bertz CT molecular complexity index is 819. The molecule has 0 unspecified atom stereocenters. The van der Waals surface area contributed by atoms with Crippen molar-refractivity contribution in [2.75, 3.05) is 32.8 Å². The number of likely N-dealkylation sites (tertiary alicyclic amines) is 1. The molecular weight excluding hydrogens is 374 g/mol. The van der Waals surface area contributed by atoms with E-state index in [1.54, 1.807) is 15.9 Å². The van der Waals surface area contributed by atoms with E-state index in [9.17, 15) is 9.59 Å². The molecule has 9 nitrogen and oxygen atoms in total. The van der Waals surface area contributed by atoms with E-state index in [1.165, 1.54) is 6.33 Å². The molecule has 0 aliphatic carbocycles. The molecule has 0 atom stereocenters. The summed E-state index contributed by atoms with van der Waals surface area (Å²) < 4.78 is 13.1. The fourth-order valence-electron chi connectivity index (χ4n) is 3.80. The summed E-state index contributed by atoms with van der Waals surface area (Å²) in [6, 6.07) is 9.53. The van der Waals surface area contributed by atoms with Crippen LogP contribution in [-0.2, 0) is 16.1 Å². The van der Waals surface area contributed by atoms with Crippen molar-refractivity contribution < 1.29 is 19.1 Å². The third-order valence-corrected chi connectivity index (χ3v) is 5.46. The normalized spacial score (nSPS) is 18.1. The van der Waals surface area contributed by atoms with E-state index in [1.807, 2.05) is 35.2 Å². The highest BCUT2D eigenvalue weighted by Crippen LogP contribution is 2.33. The Balaban J connectivity index is 1.22. The molecule has 2 amide bonds. The zero-order chi connectivity index (χ0) is 20.1. The number of carbonyl (C=O) groups excluding carboxylic acids is 2. The maximum absolute atomic E-state index is 12.4. The van der Waals surface area contributed by atoms with Crippen LogP contribution in [0, 0.1) is 0 Å². The first kappa shape index (κ1) is 19.2. The van der Waals surface area contributed by atoms with Crippen molar-refractivity contribution in [1.29, 1.82) is 0 Å². The van der Waals surface area contributed by atoms with E-state index in [-0.39, 0.29) is 12.0 Å². The maximum Gasteiger partial charge on any atom is 0.410 e. The molecule has 1 spiro atoms. The first-order valence-electron chi connectivity index (χ1n) is 9.90. The largest absolute Gasteiger partial charge is 0.492 e. The Labute approximate surface area is 169 Å². The summed E-state index contributed by atoms with van der Waals surface area (Å²) in [6.45, 7) is 3.16. The van der Waals surface area contributed by atoms with E-state index in [0.717, 1.165) is 5.75 Å². The number of ether oxygens (including phenoxy) is 2. The highest BCUT2D eigenvalue weighted by atomic mass is 16.6. The number of para-hydroxylation sites is 1. The molecule has 4 rings (SSSR count). The number of piperidine rings is 1. The smallest absolute Gasteiger partial charge is 0.410 e. The molecule has 0 N–H and O–H groups in total. The molecule has 9 heteroatoms. The maximum atomic E-state index is 12.4. The van der Waals surface area contributed by atoms with E-state index >= 15 is 0 Å². The Morgan fingerprint density at radius 1 is 1.17 bits per heavy atom. The van der Waals surface area contributed by atoms with Gasteiger partial charge in [-0.25, -0.2) is 9.78 Å². The zero-order valence-electron chi connectivity index (χ0n) is 16.3. The molecule has 1 aromatic heterocycles. The lowest BCUT2D eigenvalue weighted by molar-refractivity contribution is -0.134. The monoisotopic (exact) mass is 399 g/mol. The highest BCUT2D eigenvalue weighted by Gasteiger charge is 2.47. The Kier molecular flexibility index (Phi) is 5.64. The SMILES string of the molecule is O=C(CCn1cncn1)N1CCC2(CC1)CN(CCOc1ccccc1)C(=O)O2. The molecular formula is C20H25N5O4. The summed E-state index contributed by atoms with van der Waals surface area (Å²) in [5, 5.41) is 4.01. The second-order valence-corrected chi connectivity index (χ2v) is 7.42. The molecule has 0 saturated carbocycles. The van der Waals surface area contributed by atoms with Gasteiger partial charge < -0.3 is 19.3 Å². The highest BCUT2D eigenvalue weighted by molar-refractivity contribution is 5.76. The zero-order valence-corrected chi connectivity index (χ0v) is 16.3. The first-order chi connectivity index (χ1) is 14.1. The molecule has 2 aromatic rings. The third-order valence-electron chi connectivity index (χ3n) is 5.46. The minimum absolute atomic E-state index is 0.0905. The van der Waals surface area contributed by atoms with Crippen LogP contribution in [0.4, 0.5) is 4.79 Å². The minimum Gasteiger partial charge on any atom is -0.492 e. The van der Waals surface area contributed by atoms with Crippen molar-refractivity contribution in [3.8, 4) is 5.75 Å². The molecule has 0 radical (unpaired) electrons. The van der Waals surface area contributed by atoms with Crippen LogP contribution in [0.3, 0.4) is 0 Å². The van der Waals surface area contributed by atoms with Crippen molar-refractivity contribution in [1.82, 2.24) is 24.6 Å². The summed E-state index contributed by atoms with van der Waals surface area (Å²) in [5.74, 6) is 0.875. The summed E-state index contributed by atoms with van der Waals surface area (Å²) in [6.07, 6.45) is 4.46. The van der Waals surface area contributed by atoms with Gasteiger partial charge in [-0.2, -0.15) is 5.10 Å². The number of hydrogen-bond donors (Lipinski definition) is 0. The number of amides is 2. The fraction of sp³-hybridized carbons (Fsp3) is 0.500. The molecule has 29 heavy (non-hydrogen) atoms. The van der Waals surface area contributed by atoms with Gasteiger partial charge in [0.15, 0.2) is 0 Å². The van der Waals surface area contributed by atoms with Crippen molar-refractivity contribution >= 4 is 12.0 Å². The van der Waals surface area contributed by atoms with Crippen LogP contribution >= 0.6 is 0 Å². The van der Waals surface area contributed by atoms with Gasteiger partial charge in [-0.15, -0.1) is 0 Å². The lowest BCUT2D eigenvalue weighted by atomic mass is 9.91. The van der Waals surface area contributed by atoms with Crippen LogP contribution in [0.2, 0.25) is 0 Å². The van der Waals surface area contributed by atoms with Gasteiger partial charge in [-0.3, -0.25) is 9.48 Å². The van der Waals surface area contributed by atoms with Gasteiger partial charge in [0.25, 0.3) is 0 Å². The van der Waals surface area contributed by atoms with Crippen LogP contribution in [0.5, 0.6) is 5.75 Å². The molecule has 154 valence electrons. The fourth-order valence-corrected chi connectivity index (χ4v) is 3.80. The van der Waals surface area contributed by atoms with Crippen molar-refractivity contribution in [3.05, 3.63) is 43.0 Å². The molecule has 2 aliphatic rings. The summed E-state index contributed by atoms with van der Waals surface area (Å²) in [7, 11) is 0. The predicted molar refractivity (Wildman–Crippen MR) is 103 cm³/mol. The van der Waals surface area contributed by atoms with Crippen LogP contribution in [0.1, 0.15) is 19.3 Å². The second kappa shape index (κ2) is 8.50. The average molecular weight is 399 g/mol. The van der Waals surface area contributed by atoms with Gasteiger partial charge >= 0.3 is 6.09 Å². The second-order valence-electron chi connectivity index (χ2n) is 7.42. The van der Waals surface area contributed by atoms with Gasteiger partial charge in [0.1, 0.15) is 30.6 Å². The van der Waals surface area contributed by atoms with Crippen LogP contribution in [0.15, 0.2) is 43.0 Å². The van der Waals surface area contributed by atoms with Crippen molar-refractivity contribution in [3.63, 3.8) is 0 Å². The summed E-state index contributed by atoms with van der Waals surface area (Å²) in [4.78, 5) is 32.1. The van der Waals surface area contributed by atoms with Gasteiger partial charge in [-0.05, 0) is 12.1 Å². The Morgan fingerprint density at radius 2 is 1.97 bits per heavy atom. The van der Waals surface area contributed by atoms with Gasteiger partial charge in [0.05, 0.1) is 19.6 Å². The van der Waals surface area contributed by atoms with E-state index in [2.05, 4.69) is 10.1 Å². The number of benzene rings is 1. The molecule has 0 bridgehead atoms. The predicted octanol–water partition coefficient (Wildman–Crippen LogP) is 1.56. The Hall–Kier alpha value is -3.10. The number of hydrogen-bond acceptors (Lipinski definition) is 6. The van der Waals surface area contributed by atoms with E-state index < -0.39 is 5.60 Å². The number of rotatable bonds is 7. The van der Waals surface area contributed by atoms with Gasteiger partial charge in [0, 0.05) is 32.4 Å². The van der Waals surface area contributed by atoms with Crippen LogP contribution in [0.25, 0.3) is 0 Å².